The Kier molecular flexibility index (Phi) is 4.75. The molecule has 0 radical (unpaired) electrons. The van der Waals surface area contributed by atoms with Gasteiger partial charge in [0.15, 0.2) is 6.04 Å². The largest absolute Gasteiger partial charge is 0.497 e. The Hall–Kier alpha value is -3.19. The van der Waals surface area contributed by atoms with Crippen LogP contribution in [0.4, 0.5) is 5.69 Å². The second-order valence-electron chi connectivity index (χ2n) is 8.09. The lowest BCUT2D eigenvalue weighted by Crippen LogP contribution is -3.17. The minimum absolute atomic E-state index is 0.0950. The molecule has 0 spiro atoms. The van der Waals surface area contributed by atoms with E-state index in [1.807, 2.05) is 24.3 Å². The molecule has 30 heavy (non-hydrogen) atoms. The fourth-order valence-corrected chi connectivity index (χ4v) is 4.73. The SMILES string of the molecule is COc1ccc(N2C(=O)CC([NH+]3CCC(c4nc5ccccc5[nH]4)CC3)C2=O)cc1. The summed E-state index contributed by atoms with van der Waals surface area (Å²) in [6, 6.07) is 14.8. The van der Waals surface area contributed by atoms with E-state index in [4.69, 9.17) is 9.72 Å². The third-order valence-corrected chi connectivity index (χ3v) is 6.39. The van der Waals surface area contributed by atoms with Crippen LogP contribution in [-0.4, -0.2) is 48.0 Å². The minimum atomic E-state index is -0.295. The highest BCUT2D eigenvalue weighted by atomic mass is 16.5. The number of fused-ring (bicyclic) bond motifs is 1. The van der Waals surface area contributed by atoms with Crippen molar-refractivity contribution in [3.8, 4) is 5.75 Å². The fourth-order valence-electron chi connectivity index (χ4n) is 4.73. The Labute approximate surface area is 174 Å². The Morgan fingerprint density at radius 1 is 1.07 bits per heavy atom. The number of carbonyl (C=O) groups is 2. The summed E-state index contributed by atoms with van der Waals surface area (Å²) >= 11 is 0. The van der Waals surface area contributed by atoms with Crippen LogP contribution < -0.4 is 14.5 Å². The number of benzene rings is 2. The van der Waals surface area contributed by atoms with Crippen LogP contribution in [0.15, 0.2) is 48.5 Å². The Bertz CT molecular complexity index is 1050. The lowest BCUT2D eigenvalue weighted by molar-refractivity contribution is -0.920. The van der Waals surface area contributed by atoms with Gasteiger partial charge in [-0.1, -0.05) is 12.1 Å². The average molecular weight is 405 g/mol. The maximum atomic E-state index is 13.1. The van der Waals surface area contributed by atoms with E-state index in [-0.39, 0.29) is 24.3 Å². The number of amides is 2. The molecule has 0 aliphatic carbocycles. The number of H-pyrrole nitrogens is 1. The summed E-state index contributed by atoms with van der Waals surface area (Å²) in [6.07, 6.45) is 2.18. The zero-order chi connectivity index (χ0) is 20.7. The van der Waals surface area contributed by atoms with E-state index in [1.165, 1.54) is 9.80 Å². The molecule has 2 aromatic carbocycles. The summed E-state index contributed by atoms with van der Waals surface area (Å²) in [5.74, 6) is 1.88. The lowest BCUT2D eigenvalue weighted by atomic mass is 9.95. The van der Waals surface area contributed by atoms with Crippen molar-refractivity contribution in [1.82, 2.24) is 9.97 Å². The summed E-state index contributed by atoms with van der Waals surface area (Å²) in [4.78, 5) is 36.4. The number of likely N-dealkylation sites (tertiary alicyclic amines) is 1. The Morgan fingerprint density at radius 3 is 2.50 bits per heavy atom. The van der Waals surface area contributed by atoms with Crippen molar-refractivity contribution >= 4 is 28.5 Å². The highest BCUT2D eigenvalue weighted by molar-refractivity contribution is 6.21. The quantitative estimate of drug-likeness (QED) is 0.647. The number of nitrogens with one attached hydrogen (secondary N) is 2. The minimum Gasteiger partial charge on any atom is -0.497 e. The van der Waals surface area contributed by atoms with Crippen molar-refractivity contribution in [2.45, 2.75) is 31.2 Å². The first-order valence-corrected chi connectivity index (χ1v) is 10.4. The van der Waals surface area contributed by atoms with Gasteiger partial charge in [-0.2, -0.15) is 0 Å². The van der Waals surface area contributed by atoms with Gasteiger partial charge in [-0.25, -0.2) is 9.88 Å². The van der Waals surface area contributed by atoms with E-state index >= 15 is 0 Å². The first-order chi connectivity index (χ1) is 14.6. The third-order valence-electron chi connectivity index (χ3n) is 6.39. The normalized spacial score (nSPS) is 24.6. The third kappa shape index (κ3) is 3.25. The number of imide groups is 1. The van der Waals surface area contributed by atoms with Gasteiger partial charge in [0.1, 0.15) is 11.6 Å². The zero-order valence-corrected chi connectivity index (χ0v) is 16.9. The number of aromatic nitrogens is 2. The molecule has 1 aromatic heterocycles. The zero-order valence-electron chi connectivity index (χ0n) is 16.9. The summed E-state index contributed by atoms with van der Waals surface area (Å²) in [5.41, 5.74) is 2.67. The molecule has 2 saturated heterocycles. The standard InChI is InChI=1S/C23H24N4O3/c1-30-17-8-6-16(7-9-17)27-21(28)14-20(23(27)29)26-12-10-15(11-13-26)22-24-18-4-2-3-5-19(18)25-22/h2-9,15,20H,10-14H2,1H3,(H,24,25)/p+1. The number of anilines is 1. The smallest absolute Gasteiger partial charge is 0.292 e. The van der Waals surface area contributed by atoms with E-state index in [0.29, 0.717) is 17.4 Å². The molecule has 7 heteroatoms. The number of nitrogens with zero attached hydrogens (tertiary/aromatic N) is 2. The number of para-hydroxylation sites is 2. The van der Waals surface area contributed by atoms with Gasteiger partial charge < -0.3 is 14.6 Å². The number of carbonyl (C=O) groups excluding carboxylic acids is 2. The van der Waals surface area contributed by atoms with E-state index in [9.17, 15) is 9.59 Å². The summed E-state index contributed by atoms with van der Waals surface area (Å²) < 4.78 is 5.17. The molecule has 0 saturated carbocycles. The number of aromatic amines is 1. The molecule has 3 aromatic rings. The number of piperidine rings is 1. The Morgan fingerprint density at radius 2 is 1.80 bits per heavy atom. The van der Waals surface area contributed by atoms with Crippen LogP contribution in [0.5, 0.6) is 5.75 Å². The predicted molar refractivity (Wildman–Crippen MR) is 113 cm³/mol. The molecular formula is C23H25N4O3+. The van der Waals surface area contributed by atoms with Gasteiger partial charge in [-0.05, 0) is 36.4 Å². The number of rotatable bonds is 4. The maximum Gasteiger partial charge on any atom is 0.292 e. The van der Waals surface area contributed by atoms with Crippen LogP contribution in [-0.2, 0) is 9.59 Å². The molecule has 154 valence electrons. The van der Waals surface area contributed by atoms with E-state index in [2.05, 4.69) is 4.98 Å². The summed E-state index contributed by atoms with van der Waals surface area (Å²) in [5, 5.41) is 0. The fraction of sp³-hybridized carbons (Fsp3) is 0.348. The number of imidazole rings is 1. The number of ether oxygens (including phenoxy) is 1. The van der Waals surface area contributed by atoms with Gasteiger partial charge in [0.2, 0.25) is 5.91 Å². The first-order valence-electron chi connectivity index (χ1n) is 10.4. The molecule has 7 nitrogen and oxygen atoms in total. The van der Waals surface area contributed by atoms with Gasteiger partial charge in [-0.3, -0.25) is 9.59 Å². The maximum absolute atomic E-state index is 13.1. The molecule has 1 unspecified atom stereocenters. The molecule has 2 amide bonds. The van der Waals surface area contributed by atoms with Crippen LogP contribution in [0.2, 0.25) is 0 Å². The predicted octanol–water partition coefficient (Wildman–Crippen LogP) is 1.67. The van der Waals surface area contributed by atoms with Gasteiger partial charge in [0, 0.05) is 18.8 Å². The van der Waals surface area contributed by atoms with E-state index in [0.717, 1.165) is 42.8 Å². The second kappa shape index (κ2) is 7.57. The van der Waals surface area contributed by atoms with Gasteiger partial charge >= 0.3 is 0 Å². The van der Waals surface area contributed by atoms with Crippen molar-refractivity contribution in [2.75, 3.05) is 25.1 Å². The van der Waals surface area contributed by atoms with Gasteiger partial charge in [0.05, 0.1) is 43.3 Å². The van der Waals surface area contributed by atoms with E-state index in [1.54, 1.807) is 31.4 Å². The molecule has 0 bridgehead atoms. The monoisotopic (exact) mass is 405 g/mol. The van der Waals surface area contributed by atoms with Crippen molar-refractivity contribution in [3.63, 3.8) is 0 Å². The summed E-state index contributed by atoms with van der Waals surface area (Å²) in [6.45, 7) is 1.73. The van der Waals surface area contributed by atoms with Crippen LogP contribution in [0.25, 0.3) is 11.0 Å². The highest BCUT2D eigenvalue weighted by Crippen LogP contribution is 2.27. The van der Waals surface area contributed by atoms with Gasteiger partial charge in [0.25, 0.3) is 5.91 Å². The topological polar surface area (TPSA) is 79.7 Å². The number of hydrogen-bond donors (Lipinski definition) is 2. The summed E-state index contributed by atoms with van der Waals surface area (Å²) in [7, 11) is 1.59. The van der Waals surface area contributed by atoms with Crippen LogP contribution in [0.1, 0.15) is 31.0 Å². The number of methoxy groups -OCH3 is 1. The van der Waals surface area contributed by atoms with Crippen LogP contribution >= 0.6 is 0 Å². The lowest BCUT2D eigenvalue weighted by Gasteiger charge is -2.31. The van der Waals surface area contributed by atoms with Crippen molar-refractivity contribution in [3.05, 3.63) is 54.4 Å². The van der Waals surface area contributed by atoms with Gasteiger partial charge in [-0.15, -0.1) is 0 Å². The van der Waals surface area contributed by atoms with Crippen LogP contribution in [0.3, 0.4) is 0 Å². The molecule has 2 N–H and O–H groups in total. The molecule has 2 aliphatic rings. The number of quaternary nitrogens is 1. The molecule has 2 fully saturated rings. The first kappa shape index (κ1) is 18.8. The Balaban J connectivity index is 1.26. The second-order valence-corrected chi connectivity index (χ2v) is 8.09. The molecule has 2 aliphatic heterocycles. The van der Waals surface area contributed by atoms with Crippen molar-refractivity contribution in [1.29, 1.82) is 0 Å². The molecule has 1 atom stereocenters. The van der Waals surface area contributed by atoms with E-state index < -0.39 is 0 Å². The van der Waals surface area contributed by atoms with Crippen molar-refractivity contribution < 1.29 is 19.2 Å². The average Bonchev–Trinajstić information content (AvgIpc) is 3.34. The molecule has 3 heterocycles. The molecular weight excluding hydrogens is 380 g/mol. The van der Waals surface area contributed by atoms with Crippen LogP contribution in [0, 0.1) is 0 Å². The molecule has 5 rings (SSSR count). The highest BCUT2D eigenvalue weighted by Gasteiger charge is 2.46. The number of hydrogen-bond acceptors (Lipinski definition) is 4. The van der Waals surface area contributed by atoms with Crippen molar-refractivity contribution in [2.24, 2.45) is 0 Å².